The fourth-order valence-corrected chi connectivity index (χ4v) is 4.51. The molecular formula is C25H32N4O3. The SMILES string of the molecule is C[C@H](NC(=O)c1cncc(N2C[C@H]3CN(C(=O)OC(C)(C)C)C[C@H]3C2)c1)c1ccccc1. The van der Waals surface area contributed by atoms with Crippen molar-refractivity contribution in [2.75, 3.05) is 31.1 Å². The van der Waals surface area contributed by atoms with Crippen molar-refractivity contribution in [2.24, 2.45) is 11.8 Å². The van der Waals surface area contributed by atoms with Crippen LogP contribution in [0.2, 0.25) is 0 Å². The summed E-state index contributed by atoms with van der Waals surface area (Å²) in [7, 11) is 0. The fraction of sp³-hybridized carbons (Fsp3) is 0.480. The van der Waals surface area contributed by atoms with Crippen LogP contribution in [0.3, 0.4) is 0 Å². The molecule has 3 atom stereocenters. The van der Waals surface area contributed by atoms with Crippen LogP contribution in [-0.2, 0) is 4.74 Å². The van der Waals surface area contributed by atoms with Crippen molar-refractivity contribution in [3.05, 3.63) is 59.9 Å². The number of aromatic nitrogens is 1. The first-order valence-electron chi connectivity index (χ1n) is 11.2. The molecule has 2 fully saturated rings. The monoisotopic (exact) mass is 436 g/mol. The zero-order valence-corrected chi connectivity index (χ0v) is 19.2. The molecule has 4 rings (SSSR count). The van der Waals surface area contributed by atoms with Crippen LogP contribution >= 0.6 is 0 Å². The quantitative estimate of drug-likeness (QED) is 0.787. The lowest BCUT2D eigenvalue weighted by Gasteiger charge is -2.26. The molecule has 0 saturated carbocycles. The Kier molecular flexibility index (Phi) is 6.09. The number of nitrogens with one attached hydrogen (secondary N) is 1. The Morgan fingerprint density at radius 2 is 1.72 bits per heavy atom. The van der Waals surface area contributed by atoms with Crippen molar-refractivity contribution >= 4 is 17.7 Å². The average molecular weight is 437 g/mol. The maximum Gasteiger partial charge on any atom is 0.410 e. The Bertz CT molecular complexity index is 959. The third-order valence-corrected chi connectivity index (χ3v) is 6.14. The van der Waals surface area contributed by atoms with Gasteiger partial charge in [0.05, 0.1) is 23.5 Å². The summed E-state index contributed by atoms with van der Waals surface area (Å²) >= 11 is 0. The van der Waals surface area contributed by atoms with Gasteiger partial charge < -0.3 is 19.9 Å². The molecule has 1 aromatic carbocycles. The molecule has 0 unspecified atom stereocenters. The van der Waals surface area contributed by atoms with Gasteiger partial charge in [0.15, 0.2) is 0 Å². The van der Waals surface area contributed by atoms with E-state index in [0.717, 1.165) is 24.3 Å². The average Bonchev–Trinajstić information content (AvgIpc) is 3.33. The summed E-state index contributed by atoms with van der Waals surface area (Å²) < 4.78 is 5.52. The van der Waals surface area contributed by atoms with Gasteiger partial charge in [0.25, 0.3) is 5.91 Å². The van der Waals surface area contributed by atoms with E-state index in [2.05, 4.69) is 15.2 Å². The van der Waals surface area contributed by atoms with Crippen molar-refractivity contribution in [2.45, 2.75) is 39.3 Å². The van der Waals surface area contributed by atoms with Gasteiger partial charge in [0.1, 0.15) is 5.60 Å². The first kappa shape index (κ1) is 22.1. The van der Waals surface area contributed by atoms with Crippen LogP contribution in [0.25, 0.3) is 0 Å². The molecule has 32 heavy (non-hydrogen) atoms. The van der Waals surface area contributed by atoms with Crippen molar-refractivity contribution in [1.29, 1.82) is 0 Å². The van der Waals surface area contributed by atoms with Crippen LogP contribution in [0.15, 0.2) is 48.8 Å². The predicted octanol–water partition coefficient (Wildman–Crippen LogP) is 3.88. The van der Waals surface area contributed by atoms with E-state index in [9.17, 15) is 9.59 Å². The maximum absolute atomic E-state index is 12.8. The second-order valence-electron chi connectivity index (χ2n) is 9.85. The van der Waals surface area contributed by atoms with Crippen LogP contribution in [0.4, 0.5) is 10.5 Å². The van der Waals surface area contributed by atoms with E-state index < -0.39 is 5.60 Å². The lowest BCUT2D eigenvalue weighted by atomic mass is 10.0. The second kappa shape index (κ2) is 8.81. The summed E-state index contributed by atoms with van der Waals surface area (Å²) in [6.07, 6.45) is 3.19. The summed E-state index contributed by atoms with van der Waals surface area (Å²) in [5.74, 6) is 0.669. The van der Waals surface area contributed by atoms with E-state index in [-0.39, 0.29) is 18.0 Å². The van der Waals surface area contributed by atoms with Crippen molar-refractivity contribution in [1.82, 2.24) is 15.2 Å². The van der Waals surface area contributed by atoms with Crippen LogP contribution in [-0.4, -0.2) is 53.7 Å². The highest BCUT2D eigenvalue weighted by molar-refractivity contribution is 5.95. The number of fused-ring (bicyclic) bond motifs is 1. The lowest BCUT2D eigenvalue weighted by molar-refractivity contribution is 0.0282. The van der Waals surface area contributed by atoms with Gasteiger partial charge in [0.2, 0.25) is 0 Å². The normalized spacial score (nSPS) is 21.2. The molecule has 7 nitrogen and oxygen atoms in total. The minimum absolute atomic E-state index is 0.0858. The van der Waals surface area contributed by atoms with Gasteiger partial charge in [0, 0.05) is 44.2 Å². The van der Waals surface area contributed by atoms with Crippen LogP contribution in [0.1, 0.15) is 49.7 Å². The van der Waals surface area contributed by atoms with Gasteiger partial charge in [-0.2, -0.15) is 0 Å². The largest absolute Gasteiger partial charge is 0.444 e. The van der Waals surface area contributed by atoms with Crippen molar-refractivity contribution in [3.8, 4) is 0 Å². The molecule has 2 aliphatic rings. The van der Waals surface area contributed by atoms with E-state index >= 15 is 0 Å². The Morgan fingerprint density at radius 3 is 2.34 bits per heavy atom. The number of hydrogen-bond donors (Lipinski definition) is 1. The molecule has 2 amide bonds. The lowest BCUT2D eigenvalue weighted by Crippen LogP contribution is -2.37. The molecule has 0 spiro atoms. The maximum atomic E-state index is 12.8. The van der Waals surface area contributed by atoms with Gasteiger partial charge in [-0.1, -0.05) is 30.3 Å². The second-order valence-corrected chi connectivity index (χ2v) is 9.85. The molecule has 1 N–H and O–H groups in total. The minimum atomic E-state index is -0.481. The number of benzene rings is 1. The van der Waals surface area contributed by atoms with Gasteiger partial charge >= 0.3 is 6.09 Å². The molecule has 170 valence electrons. The van der Waals surface area contributed by atoms with Gasteiger partial charge in [-0.3, -0.25) is 9.78 Å². The number of hydrogen-bond acceptors (Lipinski definition) is 5. The van der Waals surface area contributed by atoms with E-state index in [4.69, 9.17) is 4.74 Å². The molecule has 0 aliphatic carbocycles. The number of anilines is 1. The summed E-state index contributed by atoms with van der Waals surface area (Å²) in [5, 5.41) is 3.05. The highest BCUT2D eigenvalue weighted by Crippen LogP contribution is 2.34. The fourth-order valence-electron chi connectivity index (χ4n) is 4.51. The molecule has 3 heterocycles. The number of amides is 2. The van der Waals surface area contributed by atoms with Crippen molar-refractivity contribution in [3.63, 3.8) is 0 Å². The van der Waals surface area contributed by atoms with Crippen LogP contribution in [0, 0.1) is 11.8 Å². The molecule has 7 heteroatoms. The highest BCUT2D eigenvalue weighted by Gasteiger charge is 2.42. The summed E-state index contributed by atoms with van der Waals surface area (Å²) in [4.78, 5) is 33.6. The number of carbonyl (C=O) groups excluding carboxylic acids is 2. The Hall–Kier alpha value is -3.09. The van der Waals surface area contributed by atoms with E-state index in [1.807, 2.05) is 75.2 Å². The van der Waals surface area contributed by atoms with Crippen LogP contribution in [0.5, 0.6) is 0 Å². The third kappa shape index (κ3) is 5.03. The Morgan fingerprint density at radius 1 is 1.06 bits per heavy atom. The summed E-state index contributed by atoms with van der Waals surface area (Å²) in [6.45, 7) is 10.7. The van der Waals surface area contributed by atoms with Crippen molar-refractivity contribution < 1.29 is 14.3 Å². The number of ether oxygens (including phenoxy) is 1. The Balaban J connectivity index is 1.36. The summed E-state index contributed by atoms with van der Waals surface area (Å²) in [5.41, 5.74) is 2.08. The van der Waals surface area contributed by atoms with E-state index in [1.165, 1.54) is 0 Å². The van der Waals surface area contributed by atoms with E-state index in [0.29, 0.717) is 30.5 Å². The zero-order valence-electron chi connectivity index (χ0n) is 19.2. The summed E-state index contributed by atoms with van der Waals surface area (Å²) in [6, 6.07) is 11.7. The third-order valence-electron chi connectivity index (χ3n) is 6.14. The molecule has 0 bridgehead atoms. The van der Waals surface area contributed by atoms with E-state index in [1.54, 1.807) is 6.20 Å². The topological polar surface area (TPSA) is 74.8 Å². The number of carbonyl (C=O) groups is 2. The predicted molar refractivity (Wildman–Crippen MR) is 124 cm³/mol. The first-order valence-corrected chi connectivity index (χ1v) is 11.2. The van der Waals surface area contributed by atoms with Crippen LogP contribution < -0.4 is 10.2 Å². The molecule has 2 saturated heterocycles. The minimum Gasteiger partial charge on any atom is -0.444 e. The first-order chi connectivity index (χ1) is 15.2. The molecular weight excluding hydrogens is 404 g/mol. The molecule has 1 aromatic heterocycles. The highest BCUT2D eigenvalue weighted by atomic mass is 16.6. The number of likely N-dealkylation sites (tertiary alicyclic amines) is 1. The molecule has 0 radical (unpaired) electrons. The van der Waals surface area contributed by atoms with Gasteiger partial charge in [-0.15, -0.1) is 0 Å². The number of nitrogens with zero attached hydrogens (tertiary/aromatic N) is 3. The van der Waals surface area contributed by atoms with Gasteiger partial charge in [-0.05, 0) is 39.3 Å². The Labute approximate surface area is 189 Å². The number of rotatable bonds is 4. The van der Waals surface area contributed by atoms with Gasteiger partial charge in [-0.25, -0.2) is 4.79 Å². The molecule has 2 aromatic rings. The standard InChI is InChI=1S/C25H32N4O3/c1-17(18-8-6-5-7-9-18)27-23(30)19-10-22(12-26-11-19)28-13-20-15-29(16-21(20)14-28)24(31)32-25(2,3)4/h5-12,17,20-21H,13-16H2,1-4H3,(H,27,30)/t17-,20-,21+/m0/s1. The number of pyridine rings is 1. The molecule has 2 aliphatic heterocycles. The zero-order chi connectivity index (χ0) is 22.9. The smallest absolute Gasteiger partial charge is 0.410 e.